The molecule has 0 aliphatic heterocycles. The van der Waals surface area contributed by atoms with Gasteiger partial charge in [0.1, 0.15) is 0 Å². The third kappa shape index (κ3) is 4.85. The topological polar surface area (TPSA) is 44.3 Å². The van der Waals surface area contributed by atoms with Crippen molar-refractivity contribution < 1.29 is 18.3 Å². The van der Waals surface area contributed by atoms with E-state index in [1.165, 1.54) is 12.1 Å². The van der Waals surface area contributed by atoms with Gasteiger partial charge in [0, 0.05) is 13.1 Å². The highest BCUT2D eigenvalue weighted by Crippen LogP contribution is 2.36. The Hall–Kier alpha value is -1.05. The second-order valence-electron chi connectivity index (χ2n) is 3.61. The van der Waals surface area contributed by atoms with Gasteiger partial charge in [-0.2, -0.15) is 13.2 Å². The van der Waals surface area contributed by atoms with Crippen LogP contribution in [0.1, 0.15) is 11.1 Å². The summed E-state index contributed by atoms with van der Waals surface area (Å²) in [5.41, 5.74) is -0.577. The van der Waals surface area contributed by atoms with Crippen molar-refractivity contribution in [3.8, 4) is 0 Å². The summed E-state index contributed by atoms with van der Waals surface area (Å²) >= 11 is 10.6. The Kier molecular flexibility index (Phi) is 5.84. The molecule has 0 saturated heterocycles. The van der Waals surface area contributed by atoms with E-state index in [-0.39, 0.29) is 29.8 Å². The highest BCUT2D eigenvalue weighted by atomic mass is 35.5. The monoisotopic (exact) mass is 312 g/mol. The molecule has 106 valence electrons. The van der Waals surface area contributed by atoms with Gasteiger partial charge in [0.25, 0.3) is 0 Å². The van der Waals surface area contributed by atoms with Crippen molar-refractivity contribution in [3.63, 3.8) is 0 Å². The van der Waals surface area contributed by atoms with Gasteiger partial charge in [0.05, 0.1) is 17.2 Å². The number of aliphatic hydroxyl groups is 1. The molecule has 0 amide bonds. The summed E-state index contributed by atoms with van der Waals surface area (Å²) in [6.45, 7) is 0.244. The molecular formula is C11H12ClF3N2OS. The Balaban J connectivity index is 2.72. The lowest BCUT2D eigenvalue weighted by Crippen LogP contribution is -2.36. The normalized spacial score (nSPS) is 11.2. The number of aliphatic hydroxyl groups excluding tert-OH is 1. The molecule has 1 aromatic carbocycles. The number of benzene rings is 1. The summed E-state index contributed by atoms with van der Waals surface area (Å²) in [7, 11) is 0. The lowest BCUT2D eigenvalue weighted by molar-refractivity contribution is -0.137. The van der Waals surface area contributed by atoms with Crippen LogP contribution in [0.25, 0.3) is 0 Å². The first-order chi connectivity index (χ1) is 8.86. The number of halogens is 4. The Labute approximate surface area is 118 Å². The number of hydrogen-bond donors (Lipinski definition) is 3. The molecule has 1 aromatic rings. The maximum absolute atomic E-state index is 12.6. The smallest absolute Gasteiger partial charge is 0.395 e. The molecule has 0 aliphatic rings. The van der Waals surface area contributed by atoms with Gasteiger partial charge >= 0.3 is 6.18 Å². The quantitative estimate of drug-likeness (QED) is 0.747. The van der Waals surface area contributed by atoms with Gasteiger partial charge in [-0.05, 0) is 23.8 Å². The van der Waals surface area contributed by atoms with Gasteiger partial charge in [-0.3, -0.25) is 0 Å². The van der Waals surface area contributed by atoms with Crippen molar-refractivity contribution in [1.29, 1.82) is 0 Å². The van der Waals surface area contributed by atoms with Crippen molar-refractivity contribution in [2.75, 3.05) is 13.2 Å². The van der Waals surface area contributed by atoms with Crippen molar-refractivity contribution in [2.24, 2.45) is 0 Å². The Morgan fingerprint density at radius 3 is 2.58 bits per heavy atom. The molecule has 0 unspecified atom stereocenters. The maximum Gasteiger partial charge on any atom is 0.417 e. The van der Waals surface area contributed by atoms with E-state index in [1.54, 1.807) is 0 Å². The number of thiocarbonyl (C=S) groups is 1. The van der Waals surface area contributed by atoms with Crippen molar-refractivity contribution in [1.82, 2.24) is 10.6 Å². The van der Waals surface area contributed by atoms with Gasteiger partial charge in [0.2, 0.25) is 0 Å². The number of rotatable bonds is 4. The van der Waals surface area contributed by atoms with Crippen LogP contribution in [-0.2, 0) is 12.7 Å². The average Bonchev–Trinajstić information content (AvgIpc) is 2.33. The molecule has 3 N–H and O–H groups in total. The molecule has 0 heterocycles. The fourth-order valence-corrected chi connectivity index (χ4v) is 1.82. The zero-order chi connectivity index (χ0) is 14.5. The second-order valence-corrected chi connectivity index (χ2v) is 4.40. The zero-order valence-electron chi connectivity index (χ0n) is 9.72. The first-order valence-electron chi connectivity index (χ1n) is 5.33. The van der Waals surface area contributed by atoms with Gasteiger partial charge < -0.3 is 15.7 Å². The molecule has 3 nitrogen and oxygen atoms in total. The van der Waals surface area contributed by atoms with Gasteiger partial charge in [-0.15, -0.1) is 0 Å². The first-order valence-corrected chi connectivity index (χ1v) is 6.12. The minimum Gasteiger partial charge on any atom is -0.395 e. The van der Waals surface area contributed by atoms with Crippen molar-refractivity contribution in [3.05, 3.63) is 34.3 Å². The van der Waals surface area contributed by atoms with Crippen LogP contribution in [0.5, 0.6) is 0 Å². The van der Waals surface area contributed by atoms with E-state index in [4.69, 9.17) is 28.9 Å². The summed E-state index contributed by atoms with van der Waals surface area (Å²) in [5.74, 6) is 0. The molecule has 0 fully saturated rings. The molecule has 19 heavy (non-hydrogen) atoms. The highest BCUT2D eigenvalue weighted by molar-refractivity contribution is 7.80. The molecule has 0 radical (unpaired) electrons. The zero-order valence-corrected chi connectivity index (χ0v) is 11.3. The molecule has 0 spiro atoms. The second kappa shape index (κ2) is 6.93. The van der Waals surface area contributed by atoms with Crippen molar-refractivity contribution >= 4 is 28.9 Å². The standard InChI is InChI=1S/C11H12ClF3N2OS/c12-9-7(6-17-10(19)16-4-5-18)2-1-3-8(9)11(13,14)15/h1-3,18H,4-6H2,(H2,16,17,19). The number of hydrogen-bond acceptors (Lipinski definition) is 2. The van der Waals surface area contributed by atoms with Crippen molar-refractivity contribution in [2.45, 2.75) is 12.7 Å². The summed E-state index contributed by atoms with van der Waals surface area (Å²) in [5, 5.41) is 13.9. The molecule has 1 rings (SSSR count). The van der Waals surface area contributed by atoms with E-state index in [0.29, 0.717) is 5.56 Å². The van der Waals surface area contributed by atoms with Gasteiger partial charge in [-0.1, -0.05) is 23.7 Å². The van der Waals surface area contributed by atoms with Crippen LogP contribution < -0.4 is 10.6 Å². The van der Waals surface area contributed by atoms with E-state index >= 15 is 0 Å². The molecule has 8 heteroatoms. The van der Waals surface area contributed by atoms with Gasteiger partial charge in [0.15, 0.2) is 5.11 Å². The summed E-state index contributed by atoms with van der Waals surface area (Å²) in [4.78, 5) is 0. The fraction of sp³-hybridized carbons (Fsp3) is 0.364. The third-order valence-corrected chi connectivity index (χ3v) is 2.96. The largest absolute Gasteiger partial charge is 0.417 e. The minimum atomic E-state index is -4.48. The molecule has 0 aromatic heterocycles. The molecular weight excluding hydrogens is 301 g/mol. The molecule has 0 atom stereocenters. The Morgan fingerprint density at radius 1 is 1.32 bits per heavy atom. The summed E-state index contributed by atoms with van der Waals surface area (Å²) in [6.07, 6.45) is -4.48. The fourth-order valence-electron chi connectivity index (χ4n) is 1.34. The summed E-state index contributed by atoms with van der Waals surface area (Å²) in [6, 6.07) is 3.70. The Morgan fingerprint density at radius 2 is 2.00 bits per heavy atom. The van der Waals surface area contributed by atoms with E-state index in [9.17, 15) is 13.2 Å². The third-order valence-electron chi connectivity index (χ3n) is 2.22. The average molecular weight is 313 g/mol. The van der Waals surface area contributed by atoms with Gasteiger partial charge in [-0.25, -0.2) is 0 Å². The van der Waals surface area contributed by atoms with Crippen LogP contribution in [0.3, 0.4) is 0 Å². The molecule has 0 saturated carbocycles. The van der Waals surface area contributed by atoms with Crippen LogP contribution in [0.2, 0.25) is 5.02 Å². The first kappa shape index (κ1) is 16.0. The SMILES string of the molecule is OCCNC(=S)NCc1cccc(C(F)(F)F)c1Cl. The minimum absolute atomic E-state index is 0.0695. The lowest BCUT2D eigenvalue weighted by Gasteiger charge is -2.14. The maximum atomic E-state index is 12.6. The molecule has 0 bridgehead atoms. The van der Waals surface area contributed by atoms with Crippen LogP contribution >= 0.6 is 23.8 Å². The lowest BCUT2D eigenvalue weighted by atomic mass is 10.1. The van der Waals surface area contributed by atoms with Crippen LogP contribution in [-0.4, -0.2) is 23.4 Å². The van der Waals surface area contributed by atoms with E-state index in [1.807, 2.05) is 0 Å². The van der Waals surface area contributed by atoms with E-state index in [0.717, 1.165) is 6.07 Å². The molecule has 0 aliphatic carbocycles. The summed E-state index contributed by atoms with van der Waals surface area (Å²) < 4.78 is 37.9. The van der Waals surface area contributed by atoms with Crippen LogP contribution in [0.15, 0.2) is 18.2 Å². The van der Waals surface area contributed by atoms with E-state index in [2.05, 4.69) is 10.6 Å². The number of nitrogens with one attached hydrogen (secondary N) is 2. The van der Waals surface area contributed by atoms with Crippen LogP contribution in [0, 0.1) is 0 Å². The predicted octanol–water partition coefficient (Wildman–Crippen LogP) is 2.32. The van der Waals surface area contributed by atoms with E-state index < -0.39 is 11.7 Å². The predicted molar refractivity (Wildman–Crippen MR) is 71.0 cm³/mol. The Bertz CT molecular complexity index is 454. The highest BCUT2D eigenvalue weighted by Gasteiger charge is 2.33. The van der Waals surface area contributed by atoms with Crippen LogP contribution in [0.4, 0.5) is 13.2 Å². The number of alkyl halides is 3.